The molecule has 1 N–H and O–H groups in total. The van der Waals surface area contributed by atoms with Gasteiger partial charge in [-0.05, 0) is 58.7 Å². The van der Waals surface area contributed by atoms with Crippen LogP contribution in [0.1, 0.15) is 32.6 Å². The number of benzene rings is 2. The van der Waals surface area contributed by atoms with Gasteiger partial charge in [-0.3, -0.25) is 4.79 Å². The molecule has 0 aliphatic carbocycles. The van der Waals surface area contributed by atoms with E-state index in [2.05, 4.69) is 33.2 Å². The normalized spacial score (nSPS) is 10.9. The molecule has 1 aromatic heterocycles. The van der Waals surface area contributed by atoms with E-state index in [1.807, 2.05) is 36.4 Å². The van der Waals surface area contributed by atoms with Gasteiger partial charge in [0.1, 0.15) is 11.3 Å². The third-order valence-corrected chi connectivity index (χ3v) is 4.70. The summed E-state index contributed by atoms with van der Waals surface area (Å²) in [5.41, 5.74) is 2.96. The van der Waals surface area contributed by atoms with Gasteiger partial charge in [0.25, 0.3) is 0 Å². The number of anilines is 1. The van der Waals surface area contributed by atoms with Crippen LogP contribution in [0.5, 0.6) is 5.75 Å². The maximum absolute atomic E-state index is 12.0. The van der Waals surface area contributed by atoms with Crippen molar-refractivity contribution in [3.05, 3.63) is 40.9 Å². The lowest BCUT2D eigenvalue weighted by Crippen LogP contribution is -2.10. The number of nitrogens with zero attached hydrogens (tertiary/aromatic N) is 1. The fourth-order valence-corrected chi connectivity index (χ4v) is 3.23. The molecule has 3 rings (SSSR count). The minimum atomic E-state index is 0.0283. The fourth-order valence-electron chi connectivity index (χ4n) is 2.69. The largest absolute Gasteiger partial charge is 0.496 e. The second-order valence-electron chi connectivity index (χ2n) is 6.06. The standard InChI is InChI=1S/C20H21BrN2O3/c1-3-4-5-6-19(24)22-14-8-10-18-16(12-14)23-20(26-18)13-7-9-17(25-2)15(21)11-13/h7-12H,3-6H2,1-2H3,(H,22,24). The first-order valence-electron chi connectivity index (χ1n) is 8.65. The van der Waals surface area contributed by atoms with Gasteiger partial charge in [0, 0.05) is 17.7 Å². The lowest BCUT2D eigenvalue weighted by atomic mass is 10.2. The van der Waals surface area contributed by atoms with E-state index in [0.717, 1.165) is 40.7 Å². The highest BCUT2D eigenvalue weighted by Gasteiger charge is 2.12. The Morgan fingerprint density at radius 1 is 1.23 bits per heavy atom. The zero-order chi connectivity index (χ0) is 18.5. The number of oxazole rings is 1. The Kier molecular flexibility index (Phi) is 5.93. The van der Waals surface area contributed by atoms with Gasteiger partial charge in [-0.2, -0.15) is 0 Å². The van der Waals surface area contributed by atoms with Crippen molar-refractivity contribution < 1.29 is 13.9 Å². The Labute approximate surface area is 160 Å². The first-order chi connectivity index (χ1) is 12.6. The van der Waals surface area contributed by atoms with Crippen molar-refractivity contribution in [2.75, 3.05) is 12.4 Å². The molecular weight excluding hydrogens is 396 g/mol. The van der Waals surface area contributed by atoms with E-state index in [9.17, 15) is 4.79 Å². The monoisotopic (exact) mass is 416 g/mol. The van der Waals surface area contributed by atoms with E-state index in [1.165, 1.54) is 0 Å². The lowest BCUT2D eigenvalue weighted by molar-refractivity contribution is -0.116. The van der Waals surface area contributed by atoms with Crippen LogP contribution < -0.4 is 10.1 Å². The average Bonchev–Trinajstić information content (AvgIpc) is 3.05. The molecule has 2 aromatic carbocycles. The van der Waals surface area contributed by atoms with Crippen molar-refractivity contribution in [1.29, 1.82) is 0 Å². The second-order valence-corrected chi connectivity index (χ2v) is 6.91. The highest BCUT2D eigenvalue weighted by molar-refractivity contribution is 9.10. The molecule has 0 saturated carbocycles. The molecule has 0 atom stereocenters. The fraction of sp³-hybridized carbons (Fsp3) is 0.300. The molecular formula is C20H21BrN2O3. The number of unbranched alkanes of at least 4 members (excludes halogenated alkanes) is 2. The summed E-state index contributed by atoms with van der Waals surface area (Å²) in [7, 11) is 1.62. The number of aromatic nitrogens is 1. The van der Waals surface area contributed by atoms with Crippen LogP contribution in [0.3, 0.4) is 0 Å². The Morgan fingerprint density at radius 2 is 2.08 bits per heavy atom. The number of amides is 1. The molecule has 0 unspecified atom stereocenters. The molecule has 1 amide bonds. The van der Waals surface area contributed by atoms with Gasteiger partial charge in [-0.25, -0.2) is 4.98 Å². The van der Waals surface area contributed by atoms with Gasteiger partial charge < -0.3 is 14.5 Å². The predicted octanol–water partition coefficient (Wildman–Crippen LogP) is 5.78. The molecule has 0 aliphatic rings. The molecule has 0 aliphatic heterocycles. The second kappa shape index (κ2) is 8.36. The molecule has 6 heteroatoms. The Bertz CT molecular complexity index is 921. The molecule has 136 valence electrons. The summed E-state index contributed by atoms with van der Waals surface area (Å²) in [6, 6.07) is 11.1. The van der Waals surface area contributed by atoms with Crippen molar-refractivity contribution in [2.24, 2.45) is 0 Å². The van der Waals surface area contributed by atoms with Gasteiger partial charge in [0.15, 0.2) is 5.58 Å². The number of ether oxygens (including phenoxy) is 1. The third-order valence-electron chi connectivity index (χ3n) is 4.08. The summed E-state index contributed by atoms with van der Waals surface area (Å²) in [5.74, 6) is 1.30. The molecule has 26 heavy (non-hydrogen) atoms. The average molecular weight is 417 g/mol. The zero-order valence-electron chi connectivity index (χ0n) is 14.8. The summed E-state index contributed by atoms with van der Waals surface area (Å²) in [6.45, 7) is 2.12. The molecule has 0 spiro atoms. The topological polar surface area (TPSA) is 64.4 Å². The van der Waals surface area contributed by atoms with Crippen molar-refractivity contribution in [3.63, 3.8) is 0 Å². The summed E-state index contributed by atoms with van der Waals surface area (Å²) < 4.78 is 11.9. The number of fused-ring (bicyclic) bond motifs is 1. The molecule has 5 nitrogen and oxygen atoms in total. The van der Waals surface area contributed by atoms with Crippen LogP contribution >= 0.6 is 15.9 Å². The maximum Gasteiger partial charge on any atom is 0.227 e. The minimum Gasteiger partial charge on any atom is -0.496 e. The van der Waals surface area contributed by atoms with Gasteiger partial charge in [0.05, 0.1) is 11.6 Å². The summed E-state index contributed by atoms with van der Waals surface area (Å²) in [6.07, 6.45) is 3.61. The summed E-state index contributed by atoms with van der Waals surface area (Å²) in [5, 5.41) is 2.92. The summed E-state index contributed by atoms with van der Waals surface area (Å²) >= 11 is 3.47. The quantitative estimate of drug-likeness (QED) is 0.495. The molecule has 1 heterocycles. The van der Waals surface area contributed by atoms with E-state index < -0.39 is 0 Å². The highest BCUT2D eigenvalue weighted by Crippen LogP contribution is 2.32. The number of carbonyl (C=O) groups is 1. The van der Waals surface area contributed by atoms with Crippen molar-refractivity contribution in [2.45, 2.75) is 32.6 Å². The Morgan fingerprint density at radius 3 is 2.81 bits per heavy atom. The number of methoxy groups -OCH3 is 1. The van der Waals surface area contributed by atoms with Crippen LogP contribution in [-0.4, -0.2) is 18.0 Å². The van der Waals surface area contributed by atoms with E-state index in [0.29, 0.717) is 23.4 Å². The highest BCUT2D eigenvalue weighted by atomic mass is 79.9. The third kappa shape index (κ3) is 4.25. The molecule has 0 radical (unpaired) electrons. The number of hydrogen-bond donors (Lipinski definition) is 1. The zero-order valence-corrected chi connectivity index (χ0v) is 16.4. The van der Waals surface area contributed by atoms with E-state index >= 15 is 0 Å². The molecule has 0 saturated heterocycles. The van der Waals surface area contributed by atoms with Gasteiger partial charge >= 0.3 is 0 Å². The van der Waals surface area contributed by atoms with Crippen LogP contribution in [0.4, 0.5) is 5.69 Å². The van der Waals surface area contributed by atoms with E-state index in [1.54, 1.807) is 7.11 Å². The summed E-state index contributed by atoms with van der Waals surface area (Å²) in [4.78, 5) is 16.5. The van der Waals surface area contributed by atoms with Gasteiger partial charge in [-0.1, -0.05) is 19.8 Å². The number of halogens is 1. The van der Waals surface area contributed by atoms with E-state index in [4.69, 9.17) is 9.15 Å². The molecule has 0 bridgehead atoms. The van der Waals surface area contributed by atoms with Gasteiger partial charge in [0.2, 0.25) is 11.8 Å². The van der Waals surface area contributed by atoms with Crippen molar-refractivity contribution in [1.82, 2.24) is 4.98 Å². The first kappa shape index (κ1) is 18.5. The van der Waals surface area contributed by atoms with Crippen LogP contribution in [0.2, 0.25) is 0 Å². The first-order valence-corrected chi connectivity index (χ1v) is 9.44. The molecule has 3 aromatic rings. The Hall–Kier alpha value is -2.34. The number of nitrogens with one attached hydrogen (secondary N) is 1. The van der Waals surface area contributed by atoms with Crippen LogP contribution in [0.15, 0.2) is 45.3 Å². The van der Waals surface area contributed by atoms with Crippen LogP contribution in [0, 0.1) is 0 Å². The van der Waals surface area contributed by atoms with Crippen molar-refractivity contribution in [3.8, 4) is 17.2 Å². The number of rotatable bonds is 7. The smallest absolute Gasteiger partial charge is 0.227 e. The molecule has 0 fully saturated rings. The lowest BCUT2D eigenvalue weighted by Gasteiger charge is -2.04. The van der Waals surface area contributed by atoms with Crippen molar-refractivity contribution >= 4 is 38.6 Å². The number of hydrogen-bond acceptors (Lipinski definition) is 4. The minimum absolute atomic E-state index is 0.0283. The van der Waals surface area contributed by atoms with Gasteiger partial charge in [-0.15, -0.1) is 0 Å². The van der Waals surface area contributed by atoms with Crippen LogP contribution in [0.25, 0.3) is 22.6 Å². The SMILES string of the molecule is CCCCCC(=O)Nc1ccc2oc(-c3ccc(OC)c(Br)c3)nc2c1. The van der Waals surface area contributed by atoms with Crippen LogP contribution in [-0.2, 0) is 4.79 Å². The maximum atomic E-state index is 12.0. The number of carbonyl (C=O) groups excluding carboxylic acids is 1. The van der Waals surface area contributed by atoms with E-state index in [-0.39, 0.29) is 5.91 Å². The predicted molar refractivity (Wildman–Crippen MR) is 106 cm³/mol. The Balaban J connectivity index is 1.79.